The summed E-state index contributed by atoms with van der Waals surface area (Å²) in [6, 6.07) is 4.35. The van der Waals surface area contributed by atoms with Gasteiger partial charge in [-0.25, -0.2) is 0 Å². The van der Waals surface area contributed by atoms with Gasteiger partial charge in [0, 0.05) is 18.0 Å². The van der Waals surface area contributed by atoms with Crippen LogP contribution in [0.2, 0.25) is 0 Å². The third kappa shape index (κ3) is 4.21. The van der Waals surface area contributed by atoms with E-state index in [4.69, 9.17) is 16.3 Å². The fraction of sp³-hybridized carbons (Fsp3) is 0.571. The van der Waals surface area contributed by atoms with Crippen LogP contribution in [-0.4, -0.2) is 31.5 Å². The number of hydrogen-bond donors (Lipinski definition) is 0. The Kier molecular flexibility index (Phi) is 5.79. The Bertz CT molecular complexity index is 365. The van der Waals surface area contributed by atoms with Gasteiger partial charge in [-0.05, 0) is 39.4 Å². The Hall–Kier alpha value is -0.730. The molecule has 1 rings (SSSR count). The fourth-order valence-electron chi connectivity index (χ4n) is 2.15. The van der Waals surface area contributed by atoms with Crippen molar-refractivity contribution in [3.8, 4) is 5.75 Å². The highest BCUT2D eigenvalue weighted by atomic mass is 35.5. The summed E-state index contributed by atoms with van der Waals surface area (Å²) in [6.07, 6.45) is 1.02. The molecule has 2 nitrogen and oxygen atoms in total. The highest BCUT2D eigenvalue weighted by Crippen LogP contribution is 2.26. The Labute approximate surface area is 110 Å². The van der Waals surface area contributed by atoms with Gasteiger partial charge in [-0.15, -0.1) is 11.6 Å². The van der Waals surface area contributed by atoms with Gasteiger partial charge in [-0.3, -0.25) is 0 Å². The molecule has 3 heteroatoms. The number of hydrogen-bond acceptors (Lipinski definition) is 2. The lowest BCUT2D eigenvalue weighted by Crippen LogP contribution is -2.20. The molecule has 0 fully saturated rings. The second kappa shape index (κ2) is 6.87. The summed E-state index contributed by atoms with van der Waals surface area (Å²) in [4.78, 5) is 2.28. The zero-order chi connectivity index (χ0) is 12.8. The van der Waals surface area contributed by atoms with Gasteiger partial charge < -0.3 is 9.64 Å². The number of nitrogens with zero attached hydrogens (tertiary/aromatic N) is 1. The van der Waals surface area contributed by atoms with Crippen LogP contribution in [0.1, 0.15) is 23.1 Å². The number of methoxy groups -OCH3 is 1. The average Bonchev–Trinajstić information content (AvgIpc) is 2.25. The van der Waals surface area contributed by atoms with Gasteiger partial charge in [-0.1, -0.05) is 17.7 Å². The normalized spacial score (nSPS) is 10.9. The van der Waals surface area contributed by atoms with E-state index in [2.05, 4.69) is 37.9 Å². The van der Waals surface area contributed by atoms with Gasteiger partial charge in [0.25, 0.3) is 0 Å². The van der Waals surface area contributed by atoms with E-state index < -0.39 is 0 Å². The molecule has 0 amide bonds. The quantitative estimate of drug-likeness (QED) is 0.723. The second-order valence-electron chi connectivity index (χ2n) is 4.55. The molecule has 1 aromatic carbocycles. The molecule has 0 unspecified atom stereocenters. The van der Waals surface area contributed by atoms with Crippen LogP contribution in [-0.2, 0) is 6.54 Å². The Balaban J connectivity index is 2.81. The molecule has 0 saturated heterocycles. The maximum Gasteiger partial charge on any atom is 0.126 e. The lowest BCUT2D eigenvalue weighted by atomic mass is 10.1. The molecule has 0 aromatic heterocycles. The van der Waals surface area contributed by atoms with E-state index in [0.717, 1.165) is 25.3 Å². The standard InChI is InChI=1S/C14H22ClNO/c1-11-8-12(2)14(17-4)13(9-11)10-16(3)7-5-6-15/h8-9H,5-7,10H2,1-4H3. The van der Waals surface area contributed by atoms with Crippen molar-refractivity contribution in [2.24, 2.45) is 0 Å². The van der Waals surface area contributed by atoms with E-state index in [1.807, 2.05) is 0 Å². The van der Waals surface area contributed by atoms with E-state index in [1.54, 1.807) is 7.11 Å². The van der Waals surface area contributed by atoms with E-state index in [0.29, 0.717) is 5.88 Å². The summed E-state index contributed by atoms with van der Waals surface area (Å²) >= 11 is 5.71. The first-order valence-electron chi connectivity index (χ1n) is 5.97. The van der Waals surface area contributed by atoms with Gasteiger partial charge >= 0.3 is 0 Å². The smallest absolute Gasteiger partial charge is 0.126 e. The Morgan fingerprint density at radius 3 is 2.59 bits per heavy atom. The van der Waals surface area contributed by atoms with Crippen molar-refractivity contribution in [1.29, 1.82) is 0 Å². The minimum atomic E-state index is 0.717. The summed E-state index contributed by atoms with van der Waals surface area (Å²) in [7, 11) is 3.85. The maximum absolute atomic E-state index is 5.71. The third-order valence-corrected chi connectivity index (χ3v) is 3.08. The molecule has 0 bridgehead atoms. The van der Waals surface area contributed by atoms with Gasteiger partial charge in [0.05, 0.1) is 7.11 Å². The van der Waals surface area contributed by atoms with Crippen LogP contribution < -0.4 is 4.74 Å². The van der Waals surface area contributed by atoms with E-state index >= 15 is 0 Å². The second-order valence-corrected chi connectivity index (χ2v) is 4.93. The van der Waals surface area contributed by atoms with Crippen LogP contribution in [0.25, 0.3) is 0 Å². The van der Waals surface area contributed by atoms with Gasteiger partial charge in [0.1, 0.15) is 5.75 Å². The van der Waals surface area contributed by atoms with E-state index in [1.165, 1.54) is 16.7 Å². The SMILES string of the molecule is COc1c(C)cc(C)cc1CN(C)CCCCl. The summed E-state index contributed by atoms with van der Waals surface area (Å²) in [5.41, 5.74) is 3.74. The van der Waals surface area contributed by atoms with Crippen molar-refractivity contribution in [2.75, 3.05) is 26.6 Å². The molecule has 0 N–H and O–H groups in total. The topological polar surface area (TPSA) is 12.5 Å². The van der Waals surface area contributed by atoms with Crippen LogP contribution >= 0.6 is 11.6 Å². The monoisotopic (exact) mass is 255 g/mol. The minimum Gasteiger partial charge on any atom is -0.496 e. The summed E-state index contributed by atoms with van der Waals surface area (Å²) in [6.45, 7) is 6.13. The highest BCUT2D eigenvalue weighted by molar-refractivity contribution is 6.17. The Morgan fingerprint density at radius 2 is 2.00 bits per heavy atom. The molecule has 0 saturated carbocycles. The zero-order valence-corrected chi connectivity index (χ0v) is 12.0. The first-order chi connectivity index (χ1) is 8.08. The molecular formula is C14H22ClNO. The largest absolute Gasteiger partial charge is 0.496 e. The Morgan fingerprint density at radius 1 is 1.29 bits per heavy atom. The van der Waals surface area contributed by atoms with Gasteiger partial charge in [-0.2, -0.15) is 0 Å². The van der Waals surface area contributed by atoms with Crippen LogP contribution in [0.15, 0.2) is 12.1 Å². The molecular weight excluding hydrogens is 234 g/mol. The van der Waals surface area contributed by atoms with Crippen molar-refractivity contribution in [3.63, 3.8) is 0 Å². The summed E-state index contributed by atoms with van der Waals surface area (Å²) < 4.78 is 5.48. The molecule has 96 valence electrons. The van der Waals surface area contributed by atoms with Gasteiger partial charge in [0.2, 0.25) is 0 Å². The van der Waals surface area contributed by atoms with Crippen LogP contribution in [0.5, 0.6) is 5.75 Å². The number of aryl methyl sites for hydroxylation is 2. The van der Waals surface area contributed by atoms with Crippen molar-refractivity contribution in [3.05, 3.63) is 28.8 Å². The van der Waals surface area contributed by atoms with Crippen molar-refractivity contribution in [2.45, 2.75) is 26.8 Å². The van der Waals surface area contributed by atoms with E-state index in [-0.39, 0.29) is 0 Å². The van der Waals surface area contributed by atoms with Crippen LogP contribution in [0.4, 0.5) is 0 Å². The molecule has 0 aliphatic carbocycles. The van der Waals surface area contributed by atoms with Crippen molar-refractivity contribution >= 4 is 11.6 Å². The fourth-order valence-corrected chi connectivity index (χ4v) is 2.27. The predicted molar refractivity (Wildman–Crippen MR) is 74.1 cm³/mol. The number of alkyl halides is 1. The lowest BCUT2D eigenvalue weighted by Gasteiger charge is -2.19. The van der Waals surface area contributed by atoms with Crippen molar-refractivity contribution in [1.82, 2.24) is 4.90 Å². The third-order valence-electron chi connectivity index (χ3n) is 2.81. The molecule has 17 heavy (non-hydrogen) atoms. The van der Waals surface area contributed by atoms with Crippen molar-refractivity contribution < 1.29 is 4.74 Å². The number of benzene rings is 1. The summed E-state index contributed by atoms with van der Waals surface area (Å²) in [5, 5.41) is 0. The number of halogens is 1. The molecule has 0 spiro atoms. The molecule has 0 aliphatic rings. The van der Waals surface area contributed by atoms with Gasteiger partial charge in [0.15, 0.2) is 0 Å². The number of ether oxygens (including phenoxy) is 1. The highest BCUT2D eigenvalue weighted by Gasteiger charge is 2.09. The summed E-state index contributed by atoms with van der Waals surface area (Å²) in [5.74, 6) is 1.72. The zero-order valence-electron chi connectivity index (χ0n) is 11.2. The maximum atomic E-state index is 5.71. The molecule has 0 aliphatic heterocycles. The molecule has 0 radical (unpaired) electrons. The first kappa shape index (κ1) is 14.3. The molecule has 0 atom stereocenters. The first-order valence-corrected chi connectivity index (χ1v) is 6.50. The average molecular weight is 256 g/mol. The van der Waals surface area contributed by atoms with E-state index in [9.17, 15) is 0 Å². The molecule has 1 aromatic rings. The van der Waals surface area contributed by atoms with Crippen LogP contribution in [0, 0.1) is 13.8 Å². The number of rotatable bonds is 6. The van der Waals surface area contributed by atoms with Crippen LogP contribution in [0.3, 0.4) is 0 Å². The molecule has 0 heterocycles. The lowest BCUT2D eigenvalue weighted by molar-refractivity contribution is 0.318. The predicted octanol–water partition coefficient (Wildman–Crippen LogP) is 3.37. The minimum absolute atomic E-state index is 0.717.